The molecule has 11 heteroatoms. The van der Waals surface area contributed by atoms with E-state index in [2.05, 4.69) is 9.88 Å². The maximum absolute atomic E-state index is 14.1. The van der Waals surface area contributed by atoms with Crippen molar-refractivity contribution in [1.29, 1.82) is 0 Å². The van der Waals surface area contributed by atoms with Gasteiger partial charge in [0.1, 0.15) is 11.4 Å². The number of carbonyl (C=O) groups is 2. The van der Waals surface area contributed by atoms with E-state index in [-0.39, 0.29) is 34.5 Å². The van der Waals surface area contributed by atoms with Gasteiger partial charge in [0, 0.05) is 30.1 Å². The first-order valence-electron chi connectivity index (χ1n) is 18.1. The van der Waals surface area contributed by atoms with Crippen molar-refractivity contribution in [1.82, 2.24) is 19.4 Å². The predicted molar refractivity (Wildman–Crippen MR) is 194 cm³/mol. The van der Waals surface area contributed by atoms with Crippen molar-refractivity contribution < 1.29 is 27.9 Å². The number of carboxylic acids is 1. The number of thiophene rings is 1. The van der Waals surface area contributed by atoms with Gasteiger partial charge in [-0.25, -0.2) is 9.78 Å². The monoisotopic (exact) mass is 714 g/mol. The number of likely N-dealkylation sites (tertiary alicyclic amines) is 2. The third-order valence-electron chi connectivity index (χ3n) is 11.2. The summed E-state index contributed by atoms with van der Waals surface area (Å²) in [6, 6.07) is 17.0. The van der Waals surface area contributed by atoms with E-state index in [9.17, 15) is 27.9 Å². The van der Waals surface area contributed by atoms with Gasteiger partial charge in [0.25, 0.3) is 0 Å². The highest BCUT2D eigenvalue weighted by Gasteiger charge is 2.35. The number of aromatic nitrogens is 2. The Morgan fingerprint density at radius 2 is 1.61 bits per heavy atom. The van der Waals surface area contributed by atoms with Crippen LogP contribution in [0.25, 0.3) is 43.6 Å². The molecule has 1 N–H and O–H groups in total. The van der Waals surface area contributed by atoms with E-state index in [4.69, 9.17) is 0 Å². The summed E-state index contributed by atoms with van der Waals surface area (Å²) in [5.41, 5.74) is 3.79. The second-order valence-electron chi connectivity index (χ2n) is 14.3. The van der Waals surface area contributed by atoms with Crippen LogP contribution in [0.2, 0.25) is 0 Å². The number of fused-ring (bicyclic) bond motifs is 2. The molecule has 1 aliphatic carbocycles. The fraction of sp³-hybridized carbons (Fsp3) is 0.425. The maximum atomic E-state index is 14.1. The van der Waals surface area contributed by atoms with Crippen LogP contribution < -0.4 is 0 Å². The maximum Gasteiger partial charge on any atom is 0.417 e. The number of hydrogen-bond acceptors (Lipinski definition) is 5. The van der Waals surface area contributed by atoms with Crippen molar-refractivity contribution in [3.63, 3.8) is 0 Å². The zero-order chi connectivity index (χ0) is 35.3. The quantitative estimate of drug-likeness (QED) is 0.182. The standard InChI is InChI=1S/C40H41F3N4O3S/c41-40(42,43)30-11-5-4-10-29(30)32-15-12-26-22-27(13-14-31(26)44-32)37-36(25-8-2-1-3-9-25)38-33(23-34(51-38)39(49)50)47(37)24-35(48)46-20-16-28(17-21-46)45-18-6-7-19-45/h4-5,10-15,22-23,25,28H,1-3,6-9,16-21,24H2,(H,49,50). The average Bonchev–Trinajstić information content (AvgIpc) is 3.89. The van der Waals surface area contributed by atoms with Gasteiger partial charge in [0.2, 0.25) is 5.91 Å². The first-order chi connectivity index (χ1) is 24.7. The molecule has 3 aromatic heterocycles. The Kier molecular flexibility index (Phi) is 9.12. The molecule has 3 aliphatic rings. The Morgan fingerprint density at radius 1 is 0.863 bits per heavy atom. The van der Waals surface area contributed by atoms with E-state index in [1.807, 2.05) is 33.7 Å². The van der Waals surface area contributed by atoms with Crippen LogP contribution in [0.3, 0.4) is 0 Å². The van der Waals surface area contributed by atoms with Crippen LogP contribution in [0.4, 0.5) is 13.2 Å². The summed E-state index contributed by atoms with van der Waals surface area (Å²) in [5, 5.41) is 10.8. The fourth-order valence-corrected chi connectivity index (χ4v) is 9.82. The zero-order valence-electron chi connectivity index (χ0n) is 28.4. The lowest BCUT2D eigenvalue weighted by atomic mass is 9.83. The predicted octanol–water partition coefficient (Wildman–Crippen LogP) is 9.44. The number of hydrogen-bond donors (Lipinski definition) is 1. The Bertz CT molecular complexity index is 2100. The lowest BCUT2D eigenvalue weighted by Crippen LogP contribution is -2.46. The summed E-state index contributed by atoms with van der Waals surface area (Å²) in [4.78, 5) is 35.8. The molecule has 0 bridgehead atoms. The van der Waals surface area contributed by atoms with Crippen molar-refractivity contribution in [3.05, 3.63) is 76.7 Å². The molecule has 5 heterocycles. The number of halogens is 3. The number of amides is 1. The molecule has 2 aliphatic heterocycles. The van der Waals surface area contributed by atoms with Gasteiger partial charge < -0.3 is 19.5 Å². The van der Waals surface area contributed by atoms with Gasteiger partial charge in [-0.3, -0.25) is 4.79 Å². The number of rotatable bonds is 7. The lowest BCUT2D eigenvalue weighted by Gasteiger charge is -2.36. The van der Waals surface area contributed by atoms with Crippen LogP contribution in [-0.4, -0.2) is 68.6 Å². The highest BCUT2D eigenvalue weighted by Crippen LogP contribution is 2.47. The van der Waals surface area contributed by atoms with Crippen molar-refractivity contribution in [2.45, 2.75) is 82.5 Å². The van der Waals surface area contributed by atoms with E-state index in [1.165, 1.54) is 36.3 Å². The molecule has 1 saturated carbocycles. The highest BCUT2D eigenvalue weighted by atomic mass is 32.1. The molecule has 1 amide bonds. The highest BCUT2D eigenvalue weighted by molar-refractivity contribution is 7.21. The molecule has 3 fully saturated rings. The van der Waals surface area contributed by atoms with Crippen LogP contribution in [0.5, 0.6) is 0 Å². The molecule has 0 atom stereocenters. The van der Waals surface area contributed by atoms with Crippen LogP contribution in [-0.2, 0) is 17.5 Å². The van der Waals surface area contributed by atoms with Crippen molar-refractivity contribution in [2.24, 2.45) is 0 Å². The van der Waals surface area contributed by atoms with Crippen LogP contribution in [0, 0.1) is 0 Å². The molecule has 266 valence electrons. The lowest BCUT2D eigenvalue weighted by molar-refractivity contribution is -0.137. The van der Waals surface area contributed by atoms with E-state index >= 15 is 0 Å². The Balaban J connectivity index is 1.20. The Labute approximate surface area is 298 Å². The summed E-state index contributed by atoms with van der Waals surface area (Å²) in [6.45, 7) is 3.80. The van der Waals surface area contributed by atoms with Gasteiger partial charge in [-0.1, -0.05) is 49.6 Å². The second-order valence-corrected chi connectivity index (χ2v) is 15.4. The minimum absolute atomic E-state index is 0.0294. The molecule has 2 saturated heterocycles. The van der Waals surface area contributed by atoms with Crippen molar-refractivity contribution >= 4 is 44.3 Å². The van der Waals surface area contributed by atoms with Crippen molar-refractivity contribution in [2.75, 3.05) is 26.2 Å². The van der Waals surface area contributed by atoms with E-state index in [0.29, 0.717) is 24.6 Å². The zero-order valence-corrected chi connectivity index (χ0v) is 29.2. The van der Waals surface area contributed by atoms with E-state index in [0.717, 1.165) is 96.5 Å². The Hall–Kier alpha value is -4.22. The molecule has 2 aromatic carbocycles. The number of alkyl halides is 3. The molecule has 8 rings (SSSR count). The molecule has 0 radical (unpaired) electrons. The largest absolute Gasteiger partial charge is 0.477 e. The van der Waals surface area contributed by atoms with E-state index in [1.54, 1.807) is 18.2 Å². The summed E-state index contributed by atoms with van der Waals surface area (Å²) < 4.78 is 44.5. The molecular formula is C40H41F3N4O3S. The van der Waals surface area contributed by atoms with Crippen LogP contribution >= 0.6 is 11.3 Å². The molecular weight excluding hydrogens is 674 g/mol. The number of piperidine rings is 1. The van der Waals surface area contributed by atoms with Gasteiger partial charge in [0.15, 0.2) is 0 Å². The van der Waals surface area contributed by atoms with Gasteiger partial charge in [-0.15, -0.1) is 11.3 Å². The number of benzene rings is 2. The second kappa shape index (κ2) is 13.7. The summed E-state index contributed by atoms with van der Waals surface area (Å²) in [5.74, 6) is -0.727. The Morgan fingerprint density at radius 3 is 2.33 bits per heavy atom. The van der Waals surface area contributed by atoms with Gasteiger partial charge in [-0.2, -0.15) is 13.2 Å². The number of carbonyl (C=O) groups excluding carboxylic acids is 1. The molecule has 0 unspecified atom stereocenters. The molecule has 0 spiro atoms. The fourth-order valence-electron chi connectivity index (χ4n) is 8.70. The van der Waals surface area contributed by atoms with Gasteiger partial charge >= 0.3 is 12.1 Å². The van der Waals surface area contributed by atoms with Gasteiger partial charge in [0.05, 0.1) is 32.7 Å². The van der Waals surface area contributed by atoms with Crippen LogP contribution in [0.1, 0.15) is 84.5 Å². The minimum Gasteiger partial charge on any atom is -0.477 e. The SMILES string of the molecule is O=C(O)c1cc2c(s1)c(C1CCCCC1)c(-c1ccc3nc(-c4ccccc4C(F)(F)F)ccc3c1)n2CC(=O)N1CCC(N2CCCC2)CC1. The van der Waals surface area contributed by atoms with Crippen LogP contribution in [0.15, 0.2) is 60.7 Å². The number of carboxylic acid groups (broad SMARTS) is 1. The molecule has 7 nitrogen and oxygen atoms in total. The third kappa shape index (κ3) is 6.55. The first-order valence-corrected chi connectivity index (χ1v) is 19.0. The third-order valence-corrected chi connectivity index (χ3v) is 12.4. The van der Waals surface area contributed by atoms with Gasteiger partial charge in [-0.05, 0) is 99.0 Å². The average molecular weight is 715 g/mol. The number of pyridine rings is 1. The summed E-state index contributed by atoms with van der Waals surface area (Å²) >= 11 is 1.28. The molecule has 51 heavy (non-hydrogen) atoms. The summed E-state index contributed by atoms with van der Waals surface area (Å²) in [6.07, 6.45) is 5.20. The number of nitrogens with zero attached hydrogens (tertiary/aromatic N) is 4. The topological polar surface area (TPSA) is 78.7 Å². The first kappa shape index (κ1) is 33.9. The summed E-state index contributed by atoms with van der Waals surface area (Å²) in [7, 11) is 0. The number of aromatic carboxylic acids is 1. The van der Waals surface area contributed by atoms with Crippen molar-refractivity contribution in [3.8, 4) is 22.5 Å². The van der Waals surface area contributed by atoms with E-state index < -0.39 is 17.7 Å². The smallest absolute Gasteiger partial charge is 0.417 e. The molecule has 5 aromatic rings. The minimum atomic E-state index is -4.51. The normalized spacial score (nSPS) is 18.3.